The van der Waals surface area contributed by atoms with Gasteiger partial charge in [0.25, 0.3) is 0 Å². The Morgan fingerprint density at radius 2 is 1.22 bits per heavy atom. The van der Waals surface area contributed by atoms with Crippen LogP contribution in [0, 0.1) is 22.7 Å². The first-order chi connectivity index (χ1) is 42.2. The van der Waals surface area contributed by atoms with Crippen LogP contribution < -0.4 is 0 Å². The van der Waals surface area contributed by atoms with Gasteiger partial charge in [0.15, 0.2) is 5.65 Å². The number of hydrogen-bond donors (Lipinski definition) is 3. The van der Waals surface area contributed by atoms with E-state index in [4.69, 9.17) is 14.9 Å². The van der Waals surface area contributed by atoms with Crippen LogP contribution in [0.4, 0.5) is 4.79 Å². The number of aliphatic hydroxyl groups excluding tert-OH is 1. The summed E-state index contributed by atoms with van der Waals surface area (Å²) in [5.41, 5.74) is 14.6. The zero-order valence-corrected chi connectivity index (χ0v) is 59.8. The minimum atomic E-state index is -1.32. The molecular weight excluding hydrogens is 1680 g/mol. The zero-order valence-electron chi connectivity index (χ0n) is 49.0. The number of carboxylic acid groups (broad SMARTS) is 1. The molecule has 0 spiro atoms. The summed E-state index contributed by atoms with van der Waals surface area (Å²) in [5, 5.41) is 28.0. The molecule has 0 amide bonds. The van der Waals surface area contributed by atoms with Gasteiger partial charge in [0.2, 0.25) is 0 Å². The van der Waals surface area contributed by atoms with Crippen molar-refractivity contribution in [2.45, 2.75) is 32.8 Å². The number of hydrogen-bond acceptors (Lipinski definition) is 12. The molecule has 0 saturated heterocycles. The first kappa shape index (κ1) is 66.7. The lowest BCUT2D eigenvalue weighted by Gasteiger charge is -2.19. The highest BCUT2D eigenvalue weighted by molar-refractivity contribution is 14.1. The third kappa shape index (κ3) is 16.5. The van der Waals surface area contributed by atoms with Crippen molar-refractivity contribution in [3.63, 3.8) is 0 Å². The van der Waals surface area contributed by atoms with Gasteiger partial charge in [-0.05, 0) is 170 Å². The van der Waals surface area contributed by atoms with Crippen molar-refractivity contribution >= 4 is 172 Å². The number of aliphatic carboxylic acids is 1. The van der Waals surface area contributed by atoms with Gasteiger partial charge in [-0.1, -0.05) is 28.7 Å². The zero-order chi connectivity index (χ0) is 63.4. The molecule has 88 heavy (non-hydrogen) atoms. The molecule has 0 radical (unpaired) electrons. The highest BCUT2D eigenvalue weighted by Crippen LogP contribution is 2.36. The van der Waals surface area contributed by atoms with Crippen molar-refractivity contribution in [1.29, 1.82) is 0 Å². The van der Waals surface area contributed by atoms with Crippen LogP contribution >= 0.6 is 113 Å². The van der Waals surface area contributed by atoms with Gasteiger partial charge < -0.3 is 33.6 Å². The van der Waals surface area contributed by atoms with Crippen molar-refractivity contribution in [1.82, 2.24) is 72.7 Å². The lowest BCUT2D eigenvalue weighted by Crippen LogP contribution is -2.26. The molecule has 2 aliphatic heterocycles. The summed E-state index contributed by atoms with van der Waals surface area (Å²) in [5.74, 6) is 0.109. The van der Waals surface area contributed by atoms with E-state index in [1.807, 2.05) is 164 Å². The monoisotopic (exact) mass is 1740 g/mol. The summed E-state index contributed by atoms with van der Waals surface area (Å²) < 4.78 is 21.4. The lowest BCUT2D eigenvalue weighted by molar-refractivity contribution is -0.130. The number of alkyl halides is 1. The molecule has 3 N–H and O–H groups in total. The Hall–Kier alpha value is -7.29. The van der Waals surface area contributed by atoms with Gasteiger partial charge in [-0.25, -0.2) is 24.1 Å². The molecule has 11 aromatic rings. The number of nitrogens with one attached hydrogen (secondary N) is 1. The molecular formula is C63H58I5N15O5. The molecule has 20 nitrogen and oxygen atoms in total. The lowest BCUT2D eigenvalue weighted by atomic mass is 10.0. The number of halogens is 5. The number of rotatable bonds is 3. The van der Waals surface area contributed by atoms with E-state index in [-0.39, 0.29) is 0 Å². The Morgan fingerprint density at radius 1 is 0.614 bits per heavy atom. The number of carboxylic acids is 1. The van der Waals surface area contributed by atoms with Crippen LogP contribution in [-0.2, 0) is 51.2 Å². The van der Waals surface area contributed by atoms with Crippen LogP contribution in [0.25, 0.3) is 92.1 Å². The van der Waals surface area contributed by atoms with E-state index in [2.05, 4.69) is 210 Å². The van der Waals surface area contributed by atoms with Crippen LogP contribution in [0.2, 0.25) is 0 Å². The standard InChI is InChI=1S/C19H16N6.C16H17IN4O2.2C8H7IN2.C8H6IN.C3H2O3.CH3I/c1-24-11-17(14-3-4-20-9-18(14)24)16-8-22-19-15(16)5-12(6-21-19)13-7-23-25(2)10-13;1-16(2,3)23-15(22)21-9-13(17)12-5-10(6-18-14(12)21)11-7-19-20(4)8-11;1-11-5-7(9)6-2-3-10-4-8(6)11;1-11-3-2-6-7(9)4-10-8(6)5-11;9-8-2-1-6-5-10-4-3-7(6)8;4-2-1-3(5)6;1-2/h3-11H,1-2H3,(H,21,22);5-9H,1-4H3;2*2-5H,1H3;2-5H,1H2;4H,(H,5,6);1H3. The van der Waals surface area contributed by atoms with Gasteiger partial charge in [-0.15, -0.1) is 0 Å². The normalized spacial score (nSPS) is 11.2. The third-order valence-corrected chi connectivity index (χ3v) is 16.7. The van der Waals surface area contributed by atoms with Crippen molar-refractivity contribution in [3.8, 4) is 56.7 Å². The molecule has 14 rings (SSSR count). The number of nitrogens with zero attached hydrogens (tertiary/aromatic N) is 14. The number of aryl methyl sites for hydroxylation is 5. The highest BCUT2D eigenvalue weighted by atomic mass is 127. The largest absolute Gasteiger partial charge is 0.472 e. The van der Waals surface area contributed by atoms with Crippen molar-refractivity contribution in [3.05, 3.63) is 182 Å². The highest BCUT2D eigenvalue weighted by Gasteiger charge is 2.22. The van der Waals surface area contributed by atoms with Crippen LogP contribution in [-0.4, -0.2) is 106 Å². The number of fused-ring (bicyclic) bond motifs is 6. The number of carbonyl (C=O) groups excluding carboxylic acids is 1. The van der Waals surface area contributed by atoms with Crippen LogP contribution in [0.3, 0.4) is 0 Å². The smallest absolute Gasteiger partial charge is 0.420 e. The van der Waals surface area contributed by atoms with E-state index >= 15 is 0 Å². The molecule has 0 saturated carbocycles. The predicted octanol–water partition coefficient (Wildman–Crippen LogP) is 14.5. The van der Waals surface area contributed by atoms with Crippen LogP contribution in [0.15, 0.2) is 160 Å². The molecule has 13 heterocycles. The molecule has 0 fully saturated rings. The average molecular weight is 1740 g/mol. The first-order valence-corrected chi connectivity index (χ1v) is 33.0. The Morgan fingerprint density at radius 3 is 1.82 bits per heavy atom. The molecule has 0 bridgehead atoms. The maximum absolute atomic E-state index is 12.3. The average Bonchev–Trinajstić information content (AvgIpc) is 2.49. The fraction of sp³-hybridized carbons (Fsp3) is 0.175. The van der Waals surface area contributed by atoms with Crippen molar-refractivity contribution in [2.24, 2.45) is 35.2 Å². The molecule has 0 aromatic carbocycles. The summed E-state index contributed by atoms with van der Waals surface area (Å²) in [4.78, 5) is 52.5. The van der Waals surface area contributed by atoms with E-state index in [1.165, 1.54) is 65.9 Å². The number of allylic oxidation sites excluding steroid dienone is 1. The summed E-state index contributed by atoms with van der Waals surface area (Å²) in [6, 6.07) is 12.4. The van der Waals surface area contributed by atoms with Gasteiger partial charge >= 0.3 is 12.1 Å². The van der Waals surface area contributed by atoms with Crippen LogP contribution in [0.5, 0.6) is 0 Å². The summed E-state index contributed by atoms with van der Waals surface area (Å²) in [7, 11) is 9.87. The summed E-state index contributed by atoms with van der Waals surface area (Å²) in [6.07, 6.45) is 40.5. The summed E-state index contributed by atoms with van der Waals surface area (Å²) in [6.45, 7) is 5.53. The molecule has 1 aliphatic carbocycles. The minimum Gasteiger partial charge on any atom is -0.472 e. The number of aromatic amines is 1. The predicted molar refractivity (Wildman–Crippen MR) is 387 cm³/mol. The van der Waals surface area contributed by atoms with E-state index in [0.29, 0.717) is 5.65 Å². The van der Waals surface area contributed by atoms with Crippen molar-refractivity contribution in [2.75, 3.05) is 4.93 Å². The number of ether oxygens (including phenoxy) is 1. The van der Waals surface area contributed by atoms with E-state index in [1.54, 1.807) is 28.0 Å². The maximum atomic E-state index is 12.3. The second kappa shape index (κ2) is 30.3. The molecule has 450 valence electrons. The third-order valence-electron chi connectivity index (χ3n) is 13.1. The Labute approximate surface area is 575 Å². The second-order valence-electron chi connectivity index (χ2n) is 20.4. The Kier molecular flexibility index (Phi) is 22.9. The SMILES string of the molecule is CI.Cn1cc(-c2cnc3[nH]cc(-c4cn(C)c5cnccc45)c3c2)cn1.Cn1cc(-c2cnc3c(c2)c(I)cn3C(=O)OC(C)(C)C)cn1.Cn1cc(I)c2ccncc21.Cn1ccc2c(I)cnc-2c1.IC1=CCc2cnccc21.O=C(O)C#CO. The molecule has 0 atom stereocenters. The van der Waals surface area contributed by atoms with E-state index < -0.39 is 17.7 Å². The molecule has 0 unspecified atom stereocenters. The molecule has 11 aromatic heterocycles. The Balaban J connectivity index is 0.000000145. The second-order valence-corrected chi connectivity index (χ2v) is 25.1. The quantitative estimate of drug-likeness (QED) is 0.0850. The molecule has 3 aliphatic rings. The fourth-order valence-corrected chi connectivity index (χ4v) is 12.0. The van der Waals surface area contributed by atoms with Gasteiger partial charge in [-0.2, -0.15) is 10.2 Å². The number of aromatic nitrogens is 15. The summed E-state index contributed by atoms with van der Waals surface area (Å²) >= 11 is 11.3. The number of H-pyrrole nitrogens is 1. The van der Waals surface area contributed by atoms with Gasteiger partial charge in [-0.3, -0.25) is 29.3 Å². The van der Waals surface area contributed by atoms with Gasteiger partial charge in [0.1, 0.15) is 17.4 Å². The van der Waals surface area contributed by atoms with E-state index in [0.717, 1.165) is 65.4 Å². The number of pyridine rings is 6. The topological polar surface area (TPSA) is 232 Å². The van der Waals surface area contributed by atoms with Gasteiger partial charge in [0, 0.05) is 203 Å². The number of aliphatic hydroxyl groups is 1. The number of carbonyl (C=O) groups is 2. The first-order valence-electron chi connectivity index (χ1n) is 26.6. The van der Waals surface area contributed by atoms with Crippen molar-refractivity contribution < 1.29 is 24.5 Å². The Bertz CT molecular complexity index is 4610. The fourth-order valence-electron chi connectivity index (χ4n) is 9.09. The maximum Gasteiger partial charge on any atom is 0.420 e. The molecule has 25 heteroatoms. The van der Waals surface area contributed by atoms with E-state index in [9.17, 15) is 9.59 Å². The van der Waals surface area contributed by atoms with Gasteiger partial charge in [0.05, 0.1) is 47.4 Å². The van der Waals surface area contributed by atoms with Crippen LogP contribution in [0.1, 0.15) is 31.9 Å². The minimum absolute atomic E-state index is 0.424.